The number of carbonyl (C=O) groups is 1. The molecule has 0 fully saturated rings. The number of rotatable bonds is 5. The zero-order valence-electron chi connectivity index (χ0n) is 10.0. The molecule has 0 spiro atoms. The molecule has 0 atom stereocenters. The molecule has 1 aromatic heterocycles. The molecule has 1 aromatic rings. The fourth-order valence-corrected chi connectivity index (χ4v) is 1.62. The van der Waals surface area contributed by atoms with E-state index >= 15 is 0 Å². The first-order valence-electron chi connectivity index (χ1n) is 5.50. The molecule has 16 heavy (non-hydrogen) atoms. The van der Waals surface area contributed by atoms with Crippen molar-refractivity contribution in [2.24, 2.45) is 0 Å². The van der Waals surface area contributed by atoms with Gasteiger partial charge in [-0.05, 0) is 32.1 Å². The van der Waals surface area contributed by atoms with E-state index in [1.807, 2.05) is 6.92 Å². The smallest absolute Gasteiger partial charge is 0.335 e. The van der Waals surface area contributed by atoms with Gasteiger partial charge in [0.1, 0.15) is 0 Å². The van der Waals surface area contributed by atoms with Crippen LogP contribution >= 0.6 is 0 Å². The van der Waals surface area contributed by atoms with Crippen LogP contribution in [0.3, 0.4) is 0 Å². The van der Waals surface area contributed by atoms with E-state index in [2.05, 4.69) is 23.7 Å². The third-order valence-corrected chi connectivity index (χ3v) is 2.53. The van der Waals surface area contributed by atoms with Crippen LogP contribution in [0, 0.1) is 6.92 Å². The maximum Gasteiger partial charge on any atom is 0.335 e. The first-order valence-corrected chi connectivity index (χ1v) is 5.50. The van der Waals surface area contributed by atoms with Crippen LogP contribution in [-0.4, -0.2) is 34.0 Å². The first-order chi connectivity index (χ1) is 7.56. The zero-order chi connectivity index (χ0) is 12.1. The Hall–Kier alpha value is -1.42. The number of aryl methyl sites for hydroxylation is 1. The Morgan fingerprint density at radius 1 is 1.38 bits per heavy atom. The normalized spacial score (nSPS) is 10.8. The molecule has 1 rings (SSSR count). The summed E-state index contributed by atoms with van der Waals surface area (Å²) in [7, 11) is 0. The second-order valence-electron chi connectivity index (χ2n) is 3.76. The fourth-order valence-electron chi connectivity index (χ4n) is 1.62. The van der Waals surface area contributed by atoms with E-state index in [0.717, 1.165) is 24.5 Å². The summed E-state index contributed by atoms with van der Waals surface area (Å²) in [5.74, 6) is -0.897. The van der Waals surface area contributed by atoms with Crippen molar-refractivity contribution >= 4 is 5.97 Å². The molecule has 0 unspecified atom stereocenters. The van der Waals surface area contributed by atoms with Crippen LogP contribution in [-0.2, 0) is 6.54 Å². The molecule has 0 aromatic carbocycles. The highest BCUT2D eigenvalue weighted by molar-refractivity contribution is 5.87. The second-order valence-corrected chi connectivity index (χ2v) is 3.76. The summed E-state index contributed by atoms with van der Waals surface area (Å²) >= 11 is 0. The van der Waals surface area contributed by atoms with Gasteiger partial charge in [0.2, 0.25) is 0 Å². The van der Waals surface area contributed by atoms with Crippen LogP contribution in [0.15, 0.2) is 12.1 Å². The van der Waals surface area contributed by atoms with Crippen LogP contribution in [0.5, 0.6) is 0 Å². The number of carboxylic acids is 1. The summed E-state index contributed by atoms with van der Waals surface area (Å²) in [5.41, 5.74) is 1.89. The van der Waals surface area contributed by atoms with Crippen LogP contribution in [0.4, 0.5) is 0 Å². The predicted molar refractivity (Wildman–Crippen MR) is 62.6 cm³/mol. The third-order valence-electron chi connectivity index (χ3n) is 2.53. The summed E-state index contributed by atoms with van der Waals surface area (Å²) in [6.07, 6.45) is 0. The average molecular weight is 222 g/mol. The molecule has 0 saturated carbocycles. The monoisotopic (exact) mass is 222 g/mol. The van der Waals surface area contributed by atoms with Gasteiger partial charge >= 0.3 is 5.97 Å². The number of hydrogen-bond acceptors (Lipinski definition) is 3. The Kier molecular flexibility index (Phi) is 4.43. The lowest BCUT2D eigenvalue weighted by Crippen LogP contribution is -2.23. The van der Waals surface area contributed by atoms with E-state index in [9.17, 15) is 4.79 Å². The highest BCUT2D eigenvalue weighted by Gasteiger charge is 2.08. The number of hydrogen-bond donors (Lipinski definition) is 1. The lowest BCUT2D eigenvalue weighted by molar-refractivity contribution is 0.0696. The average Bonchev–Trinajstić information content (AvgIpc) is 2.25. The molecule has 0 aliphatic carbocycles. The van der Waals surface area contributed by atoms with E-state index in [-0.39, 0.29) is 0 Å². The largest absolute Gasteiger partial charge is 0.478 e. The molecule has 1 heterocycles. The van der Waals surface area contributed by atoms with Crippen LogP contribution < -0.4 is 0 Å². The molecular formula is C12H18N2O2. The first kappa shape index (κ1) is 12.6. The van der Waals surface area contributed by atoms with Crippen molar-refractivity contribution in [2.75, 3.05) is 13.1 Å². The van der Waals surface area contributed by atoms with Gasteiger partial charge in [0.25, 0.3) is 0 Å². The van der Waals surface area contributed by atoms with E-state index in [1.54, 1.807) is 12.1 Å². The van der Waals surface area contributed by atoms with Gasteiger partial charge in [-0.1, -0.05) is 13.8 Å². The number of carboxylic acid groups (broad SMARTS) is 1. The Labute approximate surface area is 95.9 Å². The van der Waals surface area contributed by atoms with Gasteiger partial charge < -0.3 is 5.11 Å². The summed E-state index contributed by atoms with van der Waals surface area (Å²) in [6.45, 7) is 8.56. The summed E-state index contributed by atoms with van der Waals surface area (Å²) in [4.78, 5) is 17.4. The molecule has 0 bridgehead atoms. The van der Waals surface area contributed by atoms with Crippen molar-refractivity contribution in [3.63, 3.8) is 0 Å². The van der Waals surface area contributed by atoms with Gasteiger partial charge in [-0.15, -0.1) is 0 Å². The SMILES string of the molecule is CCN(CC)Cc1cc(C(=O)O)cc(C)n1. The van der Waals surface area contributed by atoms with Crippen LogP contribution in [0.25, 0.3) is 0 Å². The van der Waals surface area contributed by atoms with Crippen LogP contribution in [0.2, 0.25) is 0 Å². The molecule has 1 N–H and O–H groups in total. The minimum absolute atomic E-state index is 0.314. The molecular weight excluding hydrogens is 204 g/mol. The van der Waals surface area contributed by atoms with Crippen molar-refractivity contribution in [1.29, 1.82) is 0 Å². The predicted octanol–water partition coefficient (Wildman–Crippen LogP) is 1.93. The summed E-state index contributed by atoms with van der Waals surface area (Å²) < 4.78 is 0. The summed E-state index contributed by atoms with van der Waals surface area (Å²) in [5, 5.41) is 8.94. The molecule has 0 aliphatic rings. The molecule has 0 aliphatic heterocycles. The van der Waals surface area contributed by atoms with Gasteiger partial charge in [-0.2, -0.15) is 0 Å². The highest BCUT2D eigenvalue weighted by Crippen LogP contribution is 2.08. The Morgan fingerprint density at radius 2 is 2.00 bits per heavy atom. The highest BCUT2D eigenvalue weighted by atomic mass is 16.4. The van der Waals surface area contributed by atoms with Crippen molar-refractivity contribution in [3.8, 4) is 0 Å². The van der Waals surface area contributed by atoms with Gasteiger partial charge in [0, 0.05) is 12.2 Å². The standard InChI is InChI=1S/C12H18N2O2/c1-4-14(5-2)8-11-7-10(12(15)16)6-9(3)13-11/h6-7H,4-5,8H2,1-3H3,(H,15,16). The van der Waals surface area contributed by atoms with Gasteiger partial charge in [0.15, 0.2) is 0 Å². The van der Waals surface area contributed by atoms with Gasteiger partial charge in [-0.3, -0.25) is 9.88 Å². The fraction of sp³-hybridized carbons (Fsp3) is 0.500. The number of aromatic carboxylic acids is 1. The van der Waals surface area contributed by atoms with Crippen molar-refractivity contribution in [3.05, 3.63) is 29.1 Å². The maximum atomic E-state index is 10.9. The van der Waals surface area contributed by atoms with Crippen LogP contribution in [0.1, 0.15) is 35.6 Å². The molecule has 0 amide bonds. The molecule has 88 valence electrons. The van der Waals surface area contributed by atoms with Gasteiger partial charge in [0.05, 0.1) is 11.3 Å². The quantitative estimate of drug-likeness (QED) is 0.827. The molecule has 0 saturated heterocycles. The van der Waals surface area contributed by atoms with E-state index in [1.165, 1.54) is 0 Å². The zero-order valence-corrected chi connectivity index (χ0v) is 10.0. The molecule has 4 heteroatoms. The second kappa shape index (κ2) is 5.61. The van der Waals surface area contributed by atoms with Crippen molar-refractivity contribution < 1.29 is 9.90 Å². The summed E-state index contributed by atoms with van der Waals surface area (Å²) in [6, 6.07) is 3.24. The van der Waals surface area contributed by atoms with Crippen molar-refractivity contribution in [2.45, 2.75) is 27.3 Å². The Morgan fingerprint density at radius 3 is 2.50 bits per heavy atom. The molecule has 4 nitrogen and oxygen atoms in total. The minimum atomic E-state index is -0.897. The lowest BCUT2D eigenvalue weighted by Gasteiger charge is -2.17. The topological polar surface area (TPSA) is 53.4 Å². The lowest BCUT2D eigenvalue weighted by atomic mass is 10.2. The minimum Gasteiger partial charge on any atom is -0.478 e. The number of nitrogens with zero attached hydrogens (tertiary/aromatic N) is 2. The Balaban J connectivity index is 2.91. The van der Waals surface area contributed by atoms with Gasteiger partial charge in [-0.25, -0.2) is 4.79 Å². The third kappa shape index (κ3) is 3.31. The Bertz CT molecular complexity index is 373. The van der Waals surface area contributed by atoms with E-state index < -0.39 is 5.97 Å². The van der Waals surface area contributed by atoms with Crippen molar-refractivity contribution in [1.82, 2.24) is 9.88 Å². The van der Waals surface area contributed by atoms with E-state index in [4.69, 9.17) is 5.11 Å². The number of aromatic nitrogens is 1. The van der Waals surface area contributed by atoms with E-state index in [0.29, 0.717) is 12.1 Å². The maximum absolute atomic E-state index is 10.9. The number of pyridine rings is 1. The molecule has 0 radical (unpaired) electrons.